The van der Waals surface area contributed by atoms with Crippen molar-refractivity contribution in [2.24, 2.45) is 0 Å². The topological polar surface area (TPSA) is 58.2 Å². The number of carbonyl (C=O) groups is 2. The average Bonchev–Trinajstić information content (AvgIpc) is 2.41. The van der Waals surface area contributed by atoms with Crippen molar-refractivity contribution in [1.29, 1.82) is 0 Å². The van der Waals surface area contributed by atoms with Crippen LogP contribution in [0, 0.1) is 0 Å². The molecule has 1 aliphatic heterocycles. The molecule has 2 amide bonds. The molecule has 1 heterocycles. The largest absolute Gasteiger partial charge is 0.354 e. The first-order valence-electron chi connectivity index (χ1n) is 5.99. The van der Waals surface area contributed by atoms with Gasteiger partial charge in [0.05, 0.1) is 0 Å². The lowest BCUT2D eigenvalue weighted by atomic mass is 10.1. The molecule has 2 rings (SSSR count). The van der Waals surface area contributed by atoms with Crippen LogP contribution < -0.4 is 10.6 Å². The molecule has 1 saturated heterocycles. The van der Waals surface area contributed by atoms with E-state index in [0.29, 0.717) is 24.3 Å². The lowest BCUT2D eigenvalue weighted by Gasteiger charge is -2.22. The summed E-state index contributed by atoms with van der Waals surface area (Å²) in [6, 6.07) is 6.82. The zero-order chi connectivity index (χ0) is 13.0. The lowest BCUT2D eigenvalue weighted by Crippen LogP contribution is -2.50. The number of hydrogen-bond donors (Lipinski definition) is 3. The van der Waals surface area contributed by atoms with Crippen molar-refractivity contribution in [3.8, 4) is 0 Å². The summed E-state index contributed by atoms with van der Waals surface area (Å²) in [5, 5.41) is 5.50. The van der Waals surface area contributed by atoms with Gasteiger partial charge in [-0.05, 0) is 30.5 Å². The third kappa shape index (κ3) is 3.04. The number of benzene rings is 1. The molecule has 0 aliphatic carbocycles. The molecule has 5 heteroatoms. The zero-order valence-corrected chi connectivity index (χ0v) is 10.9. The van der Waals surface area contributed by atoms with Crippen molar-refractivity contribution < 1.29 is 9.59 Å². The van der Waals surface area contributed by atoms with Gasteiger partial charge in [0.25, 0.3) is 5.91 Å². The van der Waals surface area contributed by atoms with E-state index < -0.39 is 6.04 Å². The number of hydrogen-bond acceptors (Lipinski definition) is 3. The van der Waals surface area contributed by atoms with E-state index in [2.05, 4.69) is 23.3 Å². The van der Waals surface area contributed by atoms with E-state index in [0.717, 1.165) is 12.0 Å². The van der Waals surface area contributed by atoms with Gasteiger partial charge in [-0.2, -0.15) is 12.6 Å². The molecule has 0 aromatic heterocycles. The van der Waals surface area contributed by atoms with E-state index in [1.165, 1.54) is 0 Å². The molecule has 0 radical (unpaired) electrons. The second-order valence-corrected chi connectivity index (χ2v) is 4.63. The first-order chi connectivity index (χ1) is 8.70. The first kappa shape index (κ1) is 13.0. The van der Waals surface area contributed by atoms with Crippen LogP contribution in [0.2, 0.25) is 0 Å². The summed E-state index contributed by atoms with van der Waals surface area (Å²) < 4.78 is 0. The monoisotopic (exact) mass is 264 g/mol. The number of rotatable bonds is 3. The Balaban J connectivity index is 2.00. The van der Waals surface area contributed by atoms with Gasteiger partial charge in [-0.1, -0.05) is 12.1 Å². The quantitative estimate of drug-likeness (QED) is 0.717. The molecule has 0 saturated carbocycles. The third-order valence-corrected chi connectivity index (χ3v) is 3.35. The van der Waals surface area contributed by atoms with Gasteiger partial charge in [0.15, 0.2) is 0 Å². The summed E-state index contributed by atoms with van der Waals surface area (Å²) in [6.45, 7) is 0.696. The number of thiol groups is 1. The summed E-state index contributed by atoms with van der Waals surface area (Å²) in [5.41, 5.74) is 1.63. The SMILES string of the molecule is O=C(NC1CCCNC1=O)c1ccc(CS)cc1. The molecule has 0 bridgehead atoms. The van der Waals surface area contributed by atoms with E-state index in [4.69, 9.17) is 0 Å². The van der Waals surface area contributed by atoms with Gasteiger partial charge in [0.1, 0.15) is 6.04 Å². The molecule has 96 valence electrons. The molecule has 18 heavy (non-hydrogen) atoms. The van der Waals surface area contributed by atoms with E-state index >= 15 is 0 Å². The van der Waals surface area contributed by atoms with Crippen LogP contribution in [0.1, 0.15) is 28.8 Å². The molecule has 1 aromatic rings. The first-order valence-corrected chi connectivity index (χ1v) is 6.62. The Bertz CT molecular complexity index is 445. The van der Waals surface area contributed by atoms with Gasteiger partial charge in [-0.25, -0.2) is 0 Å². The van der Waals surface area contributed by atoms with Crippen LogP contribution in [0.5, 0.6) is 0 Å². The molecular formula is C13H16N2O2S. The van der Waals surface area contributed by atoms with Gasteiger partial charge in [0.2, 0.25) is 5.91 Å². The Morgan fingerprint density at radius 2 is 2.11 bits per heavy atom. The summed E-state index contributed by atoms with van der Waals surface area (Å²) in [4.78, 5) is 23.5. The molecule has 1 fully saturated rings. The lowest BCUT2D eigenvalue weighted by molar-refractivity contribution is -0.124. The van der Waals surface area contributed by atoms with Gasteiger partial charge < -0.3 is 10.6 Å². The van der Waals surface area contributed by atoms with E-state index in [1.54, 1.807) is 12.1 Å². The Morgan fingerprint density at radius 1 is 1.39 bits per heavy atom. The molecule has 1 atom stereocenters. The normalized spacial score (nSPS) is 19.2. The third-order valence-electron chi connectivity index (χ3n) is 2.99. The molecule has 0 spiro atoms. The summed E-state index contributed by atoms with van der Waals surface area (Å²) in [6.07, 6.45) is 1.60. The van der Waals surface area contributed by atoms with Crippen LogP contribution >= 0.6 is 12.6 Å². The Morgan fingerprint density at radius 3 is 2.72 bits per heavy atom. The number of carbonyl (C=O) groups excluding carboxylic acids is 2. The Hall–Kier alpha value is -1.49. The van der Waals surface area contributed by atoms with Crippen LogP contribution in [0.3, 0.4) is 0 Å². The Labute approximate surface area is 112 Å². The smallest absolute Gasteiger partial charge is 0.251 e. The minimum Gasteiger partial charge on any atom is -0.354 e. The summed E-state index contributed by atoms with van der Waals surface area (Å²) in [7, 11) is 0. The fraction of sp³-hybridized carbons (Fsp3) is 0.385. The predicted octanol–water partition coefficient (Wildman–Crippen LogP) is 1.12. The predicted molar refractivity (Wildman–Crippen MR) is 72.6 cm³/mol. The highest BCUT2D eigenvalue weighted by Crippen LogP contribution is 2.08. The molecule has 4 nitrogen and oxygen atoms in total. The minimum atomic E-state index is -0.407. The maximum Gasteiger partial charge on any atom is 0.251 e. The highest BCUT2D eigenvalue weighted by Gasteiger charge is 2.23. The van der Waals surface area contributed by atoms with Crippen LogP contribution in [0.4, 0.5) is 0 Å². The van der Waals surface area contributed by atoms with Crippen molar-refractivity contribution in [1.82, 2.24) is 10.6 Å². The Kier molecular flexibility index (Phi) is 4.25. The average molecular weight is 264 g/mol. The highest BCUT2D eigenvalue weighted by atomic mass is 32.1. The van der Waals surface area contributed by atoms with Gasteiger partial charge in [-0.15, -0.1) is 0 Å². The standard InChI is InChI=1S/C13H16N2O2S/c16-12(10-5-3-9(8-18)4-6-10)15-11-2-1-7-14-13(11)17/h3-6,11,18H,1-2,7-8H2,(H,14,17)(H,15,16). The van der Waals surface area contributed by atoms with Crippen molar-refractivity contribution in [3.05, 3.63) is 35.4 Å². The van der Waals surface area contributed by atoms with Gasteiger partial charge in [-0.3, -0.25) is 9.59 Å². The fourth-order valence-electron chi connectivity index (χ4n) is 1.91. The number of amides is 2. The van der Waals surface area contributed by atoms with Crippen LogP contribution in [-0.2, 0) is 10.5 Å². The maximum atomic E-state index is 11.9. The van der Waals surface area contributed by atoms with Crippen LogP contribution in [-0.4, -0.2) is 24.4 Å². The second kappa shape index (κ2) is 5.91. The van der Waals surface area contributed by atoms with Crippen molar-refractivity contribution in [3.63, 3.8) is 0 Å². The minimum absolute atomic E-state index is 0.0958. The molecule has 2 N–H and O–H groups in total. The molecular weight excluding hydrogens is 248 g/mol. The summed E-state index contributed by atoms with van der Waals surface area (Å²) in [5.74, 6) is 0.344. The molecule has 1 aromatic carbocycles. The highest BCUT2D eigenvalue weighted by molar-refractivity contribution is 7.79. The van der Waals surface area contributed by atoms with Gasteiger partial charge >= 0.3 is 0 Å². The zero-order valence-electron chi connectivity index (χ0n) is 9.98. The van der Waals surface area contributed by atoms with Gasteiger partial charge in [0, 0.05) is 17.9 Å². The van der Waals surface area contributed by atoms with Crippen molar-refractivity contribution >= 4 is 24.4 Å². The number of nitrogens with one attached hydrogen (secondary N) is 2. The van der Waals surface area contributed by atoms with E-state index in [-0.39, 0.29) is 11.8 Å². The van der Waals surface area contributed by atoms with Crippen LogP contribution in [0.25, 0.3) is 0 Å². The second-order valence-electron chi connectivity index (χ2n) is 4.31. The van der Waals surface area contributed by atoms with E-state index in [9.17, 15) is 9.59 Å². The molecule has 1 aliphatic rings. The van der Waals surface area contributed by atoms with E-state index in [1.807, 2.05) is 12.1 Å². The number of piperidine rings is 1. The fourth-order valence-corrected chi connectivity index (χ4v) is 2.12. The summed E-state index contributed by atoms with van der Waals surface area (Å²) >= 11 is 4.16. The van der Waals surface area contributed by atoms with Crippen molar-refractivity contribution in [2.75, 3.05) is 6.54 Å². The van der Waals surface area contributed by atoms with Crippen molar-refractivity contribution in [2.45, 2.75) is 24.6 Å². The molecule has 1 unspecified atom stereocenters. The maximum absolute atomic E-state index is 11.9. The van der Waals surface area contributed by atoms with Crippen LogP contribution in [0.15, 0.2) is 24.3 Å².